The number of hydrogen-bond acceptors (Lipinski definition) is 3. The Morgan fingerprint density at radius 1 is 1.37 bits per heavy atom. The Kier molecular flexibility index (Phi) is 5.08. The Bertz CT molecular complexity index is 764. The lowest BCUT2D eigenvalue weighted by atomic mass is 9.55. The minimum Gasteiger partial charge on any atom is -0.461 e. The van der Waals surface area contributed by atoms with Gasteiger partial charge in [0.1, 0.15) is 18.6 Å². The van der Waals surface area contributed by atoms with Gasteiger partial charge in [-0.3, -0.25) is 4.79 Å². The van der Waals surface area contributed by atoms with Crippen LogP contribution in [0.15, 0.2) is 35.9 Å². The Morgan fingerprint density at radius 2 is 2.15 bits per heavy atom. The van der Waals surface area contributed by atoms with Crippen molar-refractivity contribution in [2.24, 2.45) is 23.2 Å². The van der Waals surface area contributed by atoms with Crippen LogP contribution in [0.5, 0.6) is 0 Å². The molecule has 4 nitrogen and oxygen atoms in total. The molecule has 1 heterocycles. The Hall–Kier alpha value is -1.36. The predicted octanol–water partition coefficient (Wildman–Crippen LogP) is 2.69. The molecule has 27 heavy (non-hydrogen) atoms. The first-order valence-electron chi connectivity index (χ1n) is 10.1. The van der Waals surface area contributed by atoms with Crippen molar-refractivity contribution < 1.29 is 20.0 Å². The quantitative estimate of drug-likeness (QED) is 0.613. The molecule has 4 rings (SSSR count). The lowest BCUT2D eigenvalue weighted by Crippen LogP contribution is -2.84. The number of aliphatic hydroxyl groups excluding tert-OH is 1. The second-order valence-electron chi connectivity index (χ2n) is 8.62. The van der Waals surface area contributed by atoms with Crippen LogP contribution in [0.3, 0.4) is 0 Å². The number of benzene rings is 1. The number of rotatable bonds is 4. The third-order valence-corrected chi connectivity index (χ3v) is 7.68. The van der Waals surface area contributed by atoms with Gasteiger partial charge in [0.15, 0.2) is 0 Å². The van der Waals surface area contributed by atoms with Crippen LogP contribution in [0.2, 0.25) is 5.02 Å². The first-order chi connectivity index (χ1) is 12.9. The summed E-state index contributed by atoms with van der Waals surface area (Å²) in [4.78, 5) is 12.6. The van der Waals surface area contributed by atoms with Crippen LogP contribution in [0.4, 0.5) is 0 Å². The van der Waals surface area contributed by atoms with E-state index in [0.717, 1.165) is 36.4 Å². The van der Waals surface area contributed by atoms with E-state index in [9.17, 15) is 9.90 Å². The van der Waals surface area contributed by atoms with Crippen molar-refractivity contribution in [1.82, 2.24) is 0 Å². The second-order valence-corrected chi connectivity index (χ2v) is 9.03. The first kappa shape index (κ1) is 19.0. The molecule has 5 heteroatoms. The van der Waals surface area contributed by atoms with E-state index in [-0.39, 0.29) is 29.3 Å². The van der Waals surface area contributed by atoms with Gasteiger partial charge in [0, 0.05) is 28.3 Å². The molecule has 1 saturated heterocycles. The highest BCUT2D eigenvalue weighted by atomic mass is 35.5. The average molecular weight is 391 g/mol. The summed E-state index contributed by atoms with van der Waals surface area (Å²) >= 11 is 6.23. The summed E-state index contributed by atoms with van der Waals surface area (Å²) in [5.41, 5.74) is 2.10. The van der Waals surface area contributed by atoms with Crippen LogP contribution in [0.1, 0.15) is 38.7 Å². The molecule has 1 aromatic carbocycles. The minimum atomic E-state index is -0.539. The largest absolute Gasteiger partial charge is 0.461 e. The number of aliphatic hydroxyl groups is 1. The van der Waals surface area contributed by atoms with Crippen LogP contribution in [-0.4, -0.2) is 29.8 Å². The van der Waals surface area contributed by atoms with Crippen LogP contribution in [0, 0.1) is 23.2 Å². The highest BCUT2D eigenvalue weighted by molar-refractivity contribution is 6.31. The van der Waals surface area contributed by atoms with Crippen LogP contribution in [-0.2, 0) is 16.1 Å². The number of quaternary nitrogens is 1. The second kappa shape index (κ2) is 7.23. The Balaban J connectivity index is 1.50. The summed E-state index contributed by atoms with van der Waals surface area (Å²) in [5.74, 6) is -0.130. The molecule has 0 unspecified atom stereocenters. The lowest BCUT2D eigenvalue weighted by molar-refractivity contribution is -0.675. The molecule has 1 aromatic rings. The third kappa shape index (κ3) is 3.12. The molecule has 2 fully saturated rings. The minimum absolute atomic E-state index is 0.123. The van der Waals surface area contributed by atoms with E-state index in [0.29, 0.717) is 12.5 Å². The summed E-state index contributed by atoms with van der Waals surface area (Å²) in [6, 6.07) is 7.78. The van der Waals surface area contributed by atoms with Gasteiger partial charge < -0.3 is 15.2 Å². The molecule has 1 aliphatic heterocycles. The zero-order valence-electron chi connectivity index (χ0n) is 16.0. The van der Waals surface area contributed by atoms with Crippen LogP contribution in [0.25, 0.3) is 0 Å². The predicted molar refractivity (Wildman–Crippen MR) is 104 cm³/mol. The molecule has 6 atom stereocenters. The van der Waals surface area contributed by atoms with Gasteiger partial charge in [-0.15, -0.1) is 0 Å². The van der Waals surface area contributed by atoms with Gasteiger partial charge >= 0.3 is 5.97 Å². The van der Waals surface area contributed by atoms with Crippen molar-refractivity contribution in [2.45, 2.75) is 51.9 Å². The number of fused-ring (bicyclic) bond motifs is 2. The van der Waals surface area contributed by atoms with Gasteiger partial charge in [-0.1, -0.05) is 55.3 Å². The number of halogens is 1. The highest BCUT2D eigenvalue weighted by Crippen LogP contribution is 2.55. The maximum Gasteiger partial charge on any atom is 0.315 e. The number of esters is 1. The van der Waals surface area contributed by atoms with Crippen molar-refractivity contribution in [1.29, 1.82) is 0 Å². The number of hydrogen-bond donors (Lipinski definition) is 2. The van der Waals surface area contributed by atoms with Crippen molar-refractivity contribution >= 4 is 17.6 Å². The summed E-state index contributed by atoms with van der Waals surface area (Å²) in [5, 5.41) is 14.2. The number of nitrogens with two attached hydrogens (primary N) is 1. The van der Waals surface area contributed by atoms with E-state index in [1.165, 1.54) is 5.57 Å². The molecular formula is C22H29ClNO3+. The molecule has 3 aliphatic rings. The third-order valence-electron chi connectivity index (χ3n) is 7.31. The zero-order valence-corrected chi connectivity index (χ0v) is 16.8. The van der Waals surface area contributed by atoms with Gasteiger partial charge in [-0.2, -0.15) is 0 Å². The van der Waals surface area contributed by atoms with Gasteiger partial charge in [0.25, 0.3) is 0 Å². The molecule has 0 amide bonds. The van der Waals surface area contributed by atoms with Crippen LogP contribution >= 0.6 is 11.6 Å². The fraction of sp³-hybridized carbons (Fsp3) is 0.591. The van der Waals surface area contributed by atoms with E-state index in [2.05, 4.69) is 25.2 Å². The normalized spacial score (nSPS) is 38.0. The maximum absolute atomic E-state index is 12.6. The molecule has 0 aromatic heterocycles. The van der Waals surface area contributed by atoms with Gasteiger partial charge in [-0.05, 0) is 24.8 Å². The van der Waals surface area contributed by atoms with Gasteiger partial charge in [0.05, 0.1) is 12.6 Å². The summed E-state index contributed by atoms with van der Waals surface area (Å²) < 4.78 is 5.72. The van der Waals surface area contributed by atoms with Crippen LogP contribution < -0.4 is 5.32 Å². The SMILES string of the molecule is C[C@H]1CCC=C2C[C@H]3OC(=O)[C@@H](C[NH2+]Cc4ccccc4Cl)[C@H]3[C@@H](O)[C@@]21C. The smallest absolute Gasteiger partial charge is 0.315 e. The topological polar surface area (TPSA) is 63.1 Å². The highest BCUT2D eigenvalue weighted by Gasteiger charge is 2.60. The molecule has 0 radical (unpaired) electrons. The Labute approximate surface area is 165 Å². The van der Waals surface area contributed by atoms with E-state index < -0.39 is 6.10 Å². The van der Waals surface area contributed by atoms with Gasteiger partial charge in [-0.25, -0.2) is 0 Å². The van der Waals surface area contributed by atoms with E-state index in [1.54, 1.807) is 0 Å². The molecule has 0 spiro atoms. The van der Waals surface area contributed by atoms with Crippen molar-refractivity contribution in [3.05, 3.63) is 46.5 Å². The van der Waals surface area contributed by atoms with E-state index >= 15 is 0 Å². The molecule has 1 saturated carbocycles. The number of carbonyl (C=O) groups is 1. The van der Waals surface area contributed by atoms with Crippen molar-refractivity contribution in [3.8, 4) is 0 Å². The first-order valence-corrected chi connectivity index (χ1v) is 10.4. The van der Waals surface area contributed by atoms with E-state index in [1.807, 2.05) is 24.3 Å². The monoisotopic (exact) mass is 390 g/mol. The lowest BCUT2D eigenvalue weighted by Gasteiger charge is -2.51. The summed E-state index contributed by atoms with van der Waals surface area (Å²) in [7, 11) is 0. The number of allylic oxidation sites excluding steroid dienone is 1. The number of carbonyl (C=O) groups excluding carboxylic acids is 1. The average Bonchev–Trinajstić information content (AvgIpc) is 2.95. The van der Waals surface area contributed by atoms with Crippen molar-refractivity contribution in [3.63, 3.8) is 0 Å². The summed E-state index contributed by atoms with van der Waals surface area (Å²) in [6.07, 6.45) is 4.46. The van der Waals surface area contributed by atoms with Gasteiger partial charge in [0.2, 0.25) is 0 Å². The molecule has 0 bridgehead atoms. The standard InChI is InChI=1S/C22H28ClNO3/c1-13-6-5-8-15-10-18-19(20(25)22(13,15)2)16(21(26)27-18)12-24-11-14-7-3-4-9-17(14)23/h3-4,7-9,13,16,18-20,24-25H,5-6,10-12H2,1-2H3/p+1/t13-,16-,18+,19+,20+,22+/m0/s1. The van der Waals surface area contributed by atoms with Crippen molar-refractivity contribution in [2.75, 3.05) is 6.54 Å². The Morgan fingerprint density at radius 3 is 2.93 bits per heavy atom. The summed E-state index contributed by atoms with van der Waals surface area (Å²) in [6.45, 7) is 5.74. The molecule has 146 valence electrons. The fourth-order valence-corrected chi connectivity index (χ4v) is 5.63. The molecular weight excluding hydrogens is 362 g/mol. The maximum atomic E-state index is 12.6. The fourth-order valence-electron chi connectivity index (χ4n) is 5.41. The van der Waals surface area contributed by atoms with E-state index in [4.69, 9.17) is 16.3 Å². The molecule has 2 aliphatic carbocycles. The zero-order chi connectivity index (χ0) is 19.2. The number of ether oxygens (including phenoxy) is 1. The molecule has 3 N–H and O–H groups in total.